The maximum Gasteiger partial charge on any atom is 0.338 e. The van der Waals surface area contributed by atoms with Crippen LogP contribution in [-0.2, 0) is 16.1 Å². The Hall–Kier alpha value is -3.65. The fourth-order valence-corrected chi connectivity index (χ4v) is 2.93. The summed E-state index contributed by atoms with van der Waals surface area (Å²) in [6.07, 6.45) is 0. The van der Waals surface area contributed by atoms with Crippen LogP contribution >= 0.6 is 11.6 Å². The number of amides is 3. The second-order valence-corrected chi connectivity index (χ2v) is 7.11. The molecule has 160 valence electrons. The molecular weight excluding hydrogens is 420 g/mol. The summed E-state index contributed by atoms with van der Waals surface area (Å²) in [4.78, 5) is 35.8. The highest BCUT2D eigenvalue weighted by Crippen LogP contribution is 2.22. The molecule has 2 N–H and O–H groups in total. The van der Waals surface area contributed by atoms with E-state index >= 15 is 0 Å². The number of nitrogens with one attached hydrogen (secondary N) is 2. The number of rotatable bonds is 6. The molecule has 3 rings (SSSR count). The molecule has 1 aromatic heterocycles. The number of hydrogen-bond acceptors (Lipinski definition) is 5. The van der Waals surface area contributed by atoms with Gasteiger partial charge in [-0.05, 0) is 43.7 Å². The van der Waals surface area contributed by atoms with Gasteiger partial charge in [-0.15, -0.1) is 0 Å². The van der Waals surface area contributed by atoms with Crippen LogP contribution in [0.2, 0.25) is 5.02 Å². The minimum absolute atomic E-state index is 0.262. The monoisotopic (exact) mass is 440 g/mol. The van der Waals surface area contributed by atoms with E-state index < -0.39 is 24.5 Å². The number of esters is 1. The van der Waals surface area contributed by atoms with E-state index in [0.717, 1.165) is 16.9 Å². The van der Waals surface area contributed by atoms with E-state index in [-0.39, 0.29) is 12.1 Å². The van der Waals surface area contributed by atoms with Crippen LogP contribution in [0.1, 0.15) is 27.3 Å². The van der Waals surface area contributed by atoms with Crippen LogP contribution in [0.3, 0.4) is 0 Å². The number of imide groups is 1. The van der Waals surface area contributed by atoms with E-state index in [0.29, 0.717) is 10.7 Å². The molecule has 0 bridgehead atoms. The molecule has 0 aliphatic carbocycles. The van der Waals surface area contributed by atoms with Gasteiger partial charge in [0.25, 0.3) is 5.91 Å². The van der Waals surface area contributed by atoms with E-state index in [9.17, 15) is 14.4 Å². The van der Waals surface area contributed by atoms with E-state index in [4.69, 9.17) is 16.3 Å². The summed E-state index contributed by atoms with van der Waals surface area (Å²) in [6.45, 7) is 3.35. The maximum atomic E-state index is 12.2. The molecule has 0 atom stereocenters. The van der Waals surface area contributed by atoms with Crippen LogP contribution in [0.4, 0.5) is 4.79 Å². The number of halogens is 1. The zero-order valence-corrected chi connectivity index (χ0v) is 17.8. The molecule has 0 saturated heterocycles. The van der Waals surface area contributed by atoms with Gasteiger partial charge in [0.05, 0.1) is 27.7 Å². The fraction of sp³-hybridized carbons (Fsp3) is 0.182. The first kappa shape index (κ1) is 22.0. The Bertz CT molecular complexity index is 1090. The molecule has 8 nitrogen and oxygen atoms in total. The van der Waals surface area contributed by atoms with Crippen molar-refractivity contribution >= 4 is 29.5 Å². The second kappa shape index (κ2) is 9.90. The summed E-state index contributed by atoms with van der Waals surface area (Å²) in [6, 6.07) is 15.1. The molecule has 31 heavy (non-hydrogen) atoms. The van der Waals surface area contributed by atoms with Crippen molar-refractivity contribution in [2.24, 2.45) is 0 Å². The predicted molar refractivity (Wildman–Crippen MR) is 115 cm³/mol. The van der Waals surface area contributed by atoms with Gasteiger partial charge in [0, 0.05) is 6.54 Å². The molecule has 1 heterocycles. The van der Waals surface area contributed by atoms with Crippen molar-refractivity contribution in [3.05, 3.63) is 82.1 Å². The van der Waals surface area contributed by atoms with E-state index in [1.54, 1.807) is 28.9 Å². The summed E-state index contributed by atoms with van der Waals surface area (Å²) < 4.78 is 6.65. The van der Waals surface area contributed by atoms with Crippen molar-refractivity contribution in [3.63, 3.8) is 0 Å². The first-order valence-corrected chi connectivity index (χ1v) is 9.84. The lowest BCUT2D eigenvalue weighted by Crippen LogP contribution is -2.41. The number of ether oxygens (including phenoxy) is 1. The molecule has 0 spiro atoms. The van der Waals surface area contributed by atoms with Crippen LogP contribution in [0.15, 0.2) is 54.6 Å². The summed E-state index contributed by atoms with van der Waals surface area (Å²) in [7, 11) is 0. The van der Waals surface area contributed by atoms with Crippen molar-refractivity contribution < 1.29 is 19.1 Å². The first-order valence-electron chi connectivity index (χ1n) is 9.46. The van der Waals surface area contributed by atoms with Gasteiger partial charge in [-0.3, -0.25) is 10.1 Å². The number of benzene rings is 2. The number of nitrogens with zero attached hydrogens (tertiary/aromatic N) is 2. The highest BCUT2D eigenvalue weighted by Gasteiger charge is 2.14. The van der Waals surface area contributed by atoms with Gasteiger partial charge in [0.1, 0.15) is 0 Å². The molecule has 3 amide bonds. The third-order valence-corrected chi connectivity index (χ3v) is 4.98. The van der Waals surface area contributed by atoms with Crippen LogP contribution in [0, 0.1) is 13.8 Å². The summed E-state index contributed by atoms with van der Waals surface area (Å²) in [5.74, 6) is -1.41. The molecule has 3 aromatic rings. The molecule has 0 saturated carbocycles. The van der Waals surface area contributed by atoms with Crippen LogP contribution in [0.5, 0.6) is 0 Å². The molecule has 9 heteroatoms. The summed E-state index contributed by atoms with van der Waals surface area (Å²) in [5, 5.41) is 9.60. The maximum absolute atomic E-state index is 12.2. The molecule has 0 aliphatic heterocycles. The quantitative estimate of drug-likeness (QED) is 0.572. The molecular formula is C22H21ClN4O4. The Morgan fingerprint density at radius 1 is 1.03 bits per heavy atom. The molecule has 0 fully saturated rings. The standard InChI is InChI=1S/C22H21ClN4O4/c1-14-20(23)15(2)27(26-14)18-10-8-17(9-11-18)21(29)31-13-19(28)25-22(30)24-12-16-6-4-3-5-7-16/h3-11H,12-13H2,1-2H3,(H2,24,25,28,30). The lowest BCUT2D eigenvalue weighted by atomic mass is 10.2. The van der Waals surface area contributed by atoms with E-state index in [1.807, 2.05) is 44.2 Å². The number of urea groups is 1. The van der Waals surface area contributed by atoms with Gasteiger partial charge in [-0.2, -0.15) is 5.10 Å². The van der Waals surface area contributed by atoms with Crippen molar-refractivity contribution in [1.82, 2.24) is 20.4 Å². The van der Waals surface area contributed by atoms with E-state index in [2.05, 4.69) is 15.7 Å². The Kier molecular flexibility index (Phi) is 7.04. The second-order valence-electron chi connectivity index (χ2n) is 6.74. The topological polar surface area (TPSA) is 102 Å². The molecule has 0 radical (unpaired) electrons. The van der Waals surface area contributed by atoms with Gasteiger partial charge in [0.2, 0.25) is 0 Å². The van der Waals surface area contributed by atoms with Crippen molar-refractivity contribution in [2.75, 3.05) is 6.61 Å². The lowest BCUT2D eigenvalue weighted by Gasteiger charge is -2.08. The highest BCUT2D eigenvalue weighted by molar-refractivity contribution is 6.31. The third kappa shape index (κ3) is 5.70. The average molecular weight is 441 g/mol. The molecule has 0 unspecified atom stereocenters. The zero-order chi connectivity index (χ0) is 22.4. The zero-order valence-electron chi connectivity index (χ0n) is 17.0. The Morgan fingerprint density at radius 2 is 1.71 bits per heavy atom. The minimum Gasteiger partial charge on any atom is -0.452 e. The van der Waals surface area contributed by atoms with Gasteiger partial charge in [-0.1, -0.05) is 41.9 Å². The Balaban J connectivity index is 1.48. The van der Waals surface area contributed by atoms with Crippen molar-refractivity contribution in [3.8, 4) is 5.69 Å². The fourth-order valence-electron chi connectivity index (χ4n) is 2.81. The number of carbonyl (C=O) groups is 3. The van der Waals surface area contributed by atoms with Gasteiger partial charge in [0.15, 0.2) is 6.61 Å². The Labute approximate surface area is 184 Å². The number of aromatic nitrogens is 2. The largest absolute Gasteiger partial charge is 0.452 e. The van der Waals surface area contributed by atoms with Crippen LogP contribution in [-0.4, -0.2) is 34.3 Å². The van der Waals surface area contributed by atoms with Gasteiger partial charge >= 0.3 is 12.0 Å². The lowest BCUT2D eigenvalue weighted by molar-refractivity contribution is -0.123. The van der Waals surface area contributed by atoms with Gasteiger partial charge < -0.3 is 10.1 Å². The highest BCUT2D eigenvalue weighted by atomic mass is 35.5. The normalized spacial score (nSPS) is 10.4. The minimum atomic E-state index is -0.729. The smallest absolute Gasteiger partial charge is 0.338 e. The Morgan fingerprint density at radius 3 is 2.32 bits per heavy atom. The predicted octanol–water partition coefficient (Wildman–Crippen LogP) is 3.33. The molecule has 2 aromatic carbocycles. The van der Waals surface area contributed by atoms with E-state index in [1.165, 1.54) is 0 Å². The number of aryl methyl sites for hydroxylation is 1. The number of carbonyl (C=O) groups excluding carboxylic acids is 3. The van der Waals surface area contributed by atoms with Crippen molar-refractivity contribution in [2.45, 2.75) is 20.4 Å². The van der Waals surface area contributed by atoms with Crippen LogP contribution in [0.25, 0.3) is 5.69 Å². The van der Waals surface area contributed by atoms with Gasteiger partial charge in [-0.25, -0.2) is 14.3 Å². The van der Waals surface area contributed by atoms with Crippen molar-refractivity contribution in [1.29, 1.82) is 0 Å². The first-order chi connectivity index (χ1) is 14.8. The summed E-state index contributed by atoms with van der Waals surface area (Å²) >= 11 is 6.16. The van der Waals surface area contributed by atoms with Crippen LogP contribution < -0.4 is 10.6 Å². The molecule has 0 aliphatic rings. The average Bonchev–Trinajstić information content (AvgIpc) is 3.04. The number of hydrogen-bond donors (Lipinski definition) is 2. The third-order valence-electron chi connectivity index (χ3n) is 4.43. The summed E-state index contributed by atoms with van der Waals surface area (Å²) in [5.41, 5.74) is 3.38. The SMILES string of the molecule is Cc1nn(-c2ccc(C(=O)OCC(=O)NC(=O)NCc3ccccc3)cc2)c(C)c1Cl.